The molecule has 0 aliphatic carbocycles. The average molecular weight is 224 g/mol. The number of aromatic nitrogens is 2. The van der Waals surface area contributed by atoms with E-state index in [1.807, 2.05) is 14.0 Å². The van der Waals surface area contributed by atoms with Crippen LogP contribution in [-0.2, 0) is 11.8 Å². The summed E-state index contributed by atoms with van der Waals surface area (Å²) in [4.78, 5) is 0. The van der Waals surface area contributed by atoms with Crippen molar-refractivity contribution in [3.63, 3.8) is 0 Å². The number of nitrogen functional groups attached to an aromatic ring is 1. The molecule has 0 amide bonds. The van der Waals surface area contributed by atoms with Gasteiger partial charge in [-0.2, -0.15) is 5.10 Å². The Morgan fingerprint density at radius 3 is 2.81 bits per heavy atom. The van der Waals surface area contributed by atoms with E-state index in [4.69, 9.17) is 10.5 Å². The predicted octanol–water partition coefficient (Wildman–Crippen LogP) is 1.29. The highest BCUT2D eigenvalue weighted by molar-refractivity contribution is 5.65. The van der Waals surface area contributed by atoms with E-state index in [0.717, 1.165) is 43.3 Å². The van der Waals surface area contributed by atoms with E-state index in [1.165, 1.54) is 0 Å². The van der Waals surface area contributed by atoms with Gasteiger partial charge in [-0.05, 0) is 26.7 Å². The topological polar surface area (TPSA) is 65.1 Å². The van der Waals surface area contributed by atoms with Gasteiger partial charge in [-0.15, -0.1) is 0 Å². The van der Waals surface area contributed by atoms with Crippen LogP contribution >= 0.6 is 0 Å². The number of anilines is 2. The zero-order valence-corrected chi connectivity index (χ0v) is 10.2. The van der Waals surface area contributed by atoms with Crippen molar-refractivity contribution in [3.8, 4) is 0 Å². The van der Waals surface area contributed by atoms with Crippen molar-refractivity contribution in [2.24, 2.45) is 7.05 Å². The lowest BCUT2D eigenvalue weighted by Crippen LogP contribution is -2.43. The van der Waals surface area contributed by atoms with Crippen molar-refractivity contribution in [2.75, 3.05) is 24.3 Å². The van der Waals surface area contributed by atoms with Gasteiger partial charge in [0, 0.05) is 13.7 Å². The van der Waals surface area contributed by atoms with Gasteiger partial charge in [0.1, 0.15) is 5.82 Å². The van der Waals surface area contributed by atoms with Crippen LogP contribution in [0.15, 0.2) is 0 Å². The summed E-state index contributed by atoms with van der Waals surface area (Å²) in [6.45, 7) is 5.65. The van der Waals surface area contributed by atoms with Gasteiger partial charge in [0.05, 0.1) is 23.5 Å². The van der Waals surface area contributed by atoms with Crippen LogP contribution in [0.2, 0.25) is 0 Å². The Balaban J connectivity index is 2.19. The van der Waals surface area contributed by atoms with Gasteiger partial charge in [0.2, 0.25) is 0 Å². The Morgan fingerprint density at radius 1 is 1.56 bits per heavy atom. The van der Waals surface area contributed by atoms with E-state index >= 15 is 0 Å². The van der Waals surface area contributed by atoms with Crippen molar-refractivity contribution in [1.82, 2.24) is 9.78 Å². The SMILES string of the molecule is Cc1nn(C)c(NC2(C)CCCOC2)c1N. The standard InChI is InChI=1S/C11H20N4O/c1-8-9(12)10(15(3)14-8)13-11(2)5-4-6-16-7-11/h13H,4-7,12H2,1-3H3. The molecular weight excluding hydrogens is 204 g/mol. The van der Waals surface area contributed by atoms with E-state index in [-0.39, 0.29) is 5.54 Å². The highest BCUT2D eigenvalue weighted by Gasteiger charge is 2.29. The molecule has 0 spiro atoms. The van der Waals surface area contributed by atoms with Crippen molar-refractivity contribution in [2.45, 2.75) is 32.2 Å². The fourth-order valence-corrected chi connectivity index (χ4v) is 2.14. The van der Waals surface area contributed by atoms with Gasteiger partial charge in [-0.25, -0.2) is 0 Å². The number of nitrogens with two attached hydrogens (primary N) is 1. The van der Waals surface area contributed by atoms with Crippen LogP contribution < -0.4 is 11.1 Å². The minimum atomic E-state index is -0.0351. The molecule has 1 saturated heterocycles. The number of nitrogens with zero attached hydrogens (tertiary/aromatic N) is 2. The summed E-state index contributed by atoms with van der Waals surface area (Å²) in [5.74, 6) is 0.894. The first-order chi connectivity index (χ1) is 7.52. The molecule has 5 nitrogen and oxygen atoms in total. The second kappa shape index (κ2) is 3.97. The molecule has 1 aliphatic rings. The Morgan fingerprint density at radius 2 is 2.31 bits per heavy atom. The van der Waals surface area contributed by atoms with Crippen LogP contribution in [0.5, 0.6) is 0 Å². The van der Waals surface area contributed by atoms with E-state index in [1.54, 1.807) is 4.68 Å². The molecule has 5 heteroatoms. The number of nitrogens with one attached hydrogen (secondary N) is 1. The number of hydrogen-bond donors (Lipinski definition) is 2. The highest BCUT2D eigenvalue weighted by atomic mass is 16.5. The van der Waals surface area contributed by atoms with E-state index in [2.05, 4.69) is 17.3 Å². The Bertz CT molecular complexity index is 380. The molecule has 16 heavy (non-hydrogen) atoms. The first kappa shape index (κ1) is 11.3. The lowest BCUT2D eigenvalue weighted by atomic mass is 9.95. The molecule has 3 N–H and O–H groups in total. The molecule has 2 heterocycles. The molecule has 1 atom stereocenters. The molecule has 2 rings (SSSR count). The molecule has 0 aromatic carbocycles. The molecule has 1 aromatic rings. The molecule has 90 valence electrons. The first-order valence-corrected chi connectivity index (χ1v) is 5.67. The number of rotatable bonds is 2. The molecule has 1 aromatic heterocycles. The second-order valence-electron chi connectivity index (χ2n) is 4.81. The number of hydrogen-bond acceptors (Lipinski definition) is 4. The van der Waals surface area contributed by atoms with Crippen LogP contribution in [0, 0.1) is 6.92 Å². The summed E-state index contributed by atoms with van der Waals surface area (Å²) in [6.07, 6.45) is 2.18. The smallest absolute Gasteiger partial charge is 0.148 e. The fraction of sp³-hybridized carbons (Fsp3) is 0.727. The van der Waals surface area contributed by atoms with E-state index in [9.17, 15) is 0 Å². The molecule has 0 saturated carbocycles. The summed E-state index contributed by atoms with van der Waals surface area (Å²) in [5.41, 5.74) is 7.55. The van der Waals surface area contributed by atoms with Gasteiger partial charge in [0.25, 0.3) is 0 Å². The Kier molecular flexibility index (Phi) is 2.80. The van der Waals surface area contributed by atoms with Crippen LogP contribution in [0.3, 0.4) is 0 Å². The zero-order valence-electron chi connectivity index (χ0n) is 10.2. The van der Waals surface area contributed by atoms with Gasteiger partial charge in [-0.3, -0.25) is 4.68 Å². The third-order valence-electron chi connectivity index (χ3n) is 3.13. The van der Waals surface area contributed by atoms with E-state index < -0.39 is 0 Å². The van der Waals surface area contributed by atoms with Crippen LogP contribution in [0.1, 0.15) is 25.5 Å². The lowest BCUT2D eigenvalue weighted by molar-refractivity contribution is 0.0538. The van der Waals surface area contributed by atoms with Gasteiger partial charge >= 0.3 is 0 Å². The number of aryl methyl sites for hydroxylation is 2. The van der Waals surface area contributed by atoms with Crippen molar-refractivity contribution >= 4 is 11.5 Å². The normalized spacial score (nSPS) is 25.7. The summed E-state index contributed by atoms with van der Waals surface area (Å²) < 4.78 is 7.31. The Hall–Kier alpha value is -1.23. The lowest BCUT2D eigenvalue weighted by Gasteiger charge is -2.35. The maximum atomic E-state index is 5.99. The first-order valence-electron chi connectivity index (χ1n) is 5.67. The van der Waals surface area contributed by atoms with Gasteiger partial charge in [0.15, 0.2) is 0 Å². The molecule has 0 bridgehead atoms. The summed E-state index contributed by atoms with van der Waals surface area (Å²) in [6, 6.07) is 0. The van der Waals surface area contributed by atoms with Crippen LogP contribution in [0.25, 0.3) is 0 Å². The van der Waals surface area contributed by atoms with Crippen molar-refractivity contribution in [1.29, 1.82) is 0 Å². The zero-order chi connectivity index (χ0) is 11.8. The van der Waals surface area contributed by atoms with Crippen molar-refractivity contribution in [3.05, 3.63) is 5.69 Å². The molecule has 0 radical (unpaired) electrons. The molecule has 1 aliphatic heterocycles. The summed E-state index contributed by atoms with van der Waals surface area (Å²) in [7, 11) is 1.90. The molecular formula is C11H20N4O. The van der Waals surface area contributed by atoms with E-state index in [0.29, 0.717) is 0 Å². The second-order valence-corrected chi connectivity index (χ2v) is 4.81. The van der Waals surface area contributed by atoms with Crippen molar-refractivity contribution < 1.29 is 4.74 Å². The quantitative estimate of drug-likeness (QED) is 0.794. The van der Waals surface area contributed by atoms with Gasteiger partial charge in [-0.1, -0.05) is 0 Å². The molecule has 1 unspecified atom stereocenters. The molecule has 1 fully saturated rings. The number of ether oxygens (including phenoxy) is 1. The largest absolute Gasteiger partial charge is 0.394 e. The monoisotopic (exact) mass is 224 g/mol. The maximum Gasteiger partial charge on any atom is 0.148 e. The minimum absolute atomic E-state index is 0.0351. The van der Waals surface area contributed by atoms with Crippen LogP contribution in [0.4, 0.5) is 11.5 Å². The minimum Gasteiger partial charge on any atom is -0.394 e. The van der Waals surface area contributed by atoms with Crippen LogP contribution in [-0.4, -0.2) is 28.5 Å². The highest BCUT2D eigenvalue weighted by Crippen LogP contribution is 2.28. The summed E-state index contributed by atoms with van der Waals surface area (Å²) in [5, 5.41) is 7.76. The fourth-order valence-electron chi connectivity index (χ4n) is 2.14. The predicted molar refractivity (Wildman–Crippen MR) is 64.4 cm³/mol. The maximum absolute atomic E-state index is 5.99. The Labute approximate surface area is 96.0 Å². The third kappa shape index (κ3) is 2.00. The summed E-state index contributed by atoms with van der Waals surface area (Å²) >= 11 is 0. The van der Waals surface area contributed by atoms with Gasteiger partial charge < -0.3 is 15.8 Å². The average Bonchev–Trinajstić information content (AvgIpc) is 2.46. The third-order valence-corrected chi connectivity index (χ3v) is 3.13.